The predicted molar refractivity (Wildman–Crippen MR) is 75.8 cm³/mol. The van der Waals surface area contributed by atoms with Gasteiger partial charge in [0, 0.05) is 31.7 Å². The highest BCUT2D eigenvalue weighted by Gasteiger charge is 2.22. The number of pyridine rings is 1. The summed E-state index contributed by atoms with van der Waals surface area (Å²) in [5.41, 5.74) is 6.20. The van der Waals surface area contributed by atoms with Crippen molar-refractivity contribution in [3.05, 3.63) is 23.9 Å². The summed E-state index contributed by atoms with van der Waals surface area (Å²) in [6.07, 6.45) is 1.62. The molecular formula is C14H22N4O. The van der Waals surface area contributed by atoms with Crippen molar-refractivity contribution in [3.63, 3.8) is 0 Å². The van der Waals surface area contributed by atoms with Crippen molar-refractivity contribution >= 4 is 11.7 Å². The molecule has 1 aliphatic rings. The molecule has 1 amide bonds. The molecule has 0 unspecified atom stereocenters. The van der Waals surface area contributed by atoms with Crippen LogP contribution in [0.1, 0.15) is 18.5 Å². The van der Waals surface area contributed by atoms with Crippen LogP contribution in [0.15, 0.2) is 18.2 Å². The molecule has 0 radical (unpaired) electrons. The van der Waals surface area contributed by atoms with Crippen LogP contribution in [0, 0.1) is 12.8 Å². The molecule has 0 aliphatic carbocycles. The molecule has 2 heterocycles. The summed E-state index contributed by atoms with van der Waals surface area (Å²) in [6, 6.07) is 6.00. The van der Waals surface area contributed by atoms with Gasteiger partial charge in [-0.2, -0.15) is 0 Å². The maximum atomic E-state index is 10.8. The Morgan fingerprint density at radius 1 is 1.58 bits per heavy atom. The van der Waals surface area contributed by atoms with E-state index < -0.39 is 0 Å². The number of likely N-dealkylation sites (tertiary alicyclic amines) is 1. The van der Waals surface area contributed by atoms with E-state index in [0.717, 1.165) is 44.1 Å². The first-order valence-corrected chi connectivity index (χ1v) is 6.81. The second kappa shape index (κ2) is 6.52. The van der Waals surface area contributed by atoms with E-state index in [4.69, 9.17) is 5.73 Å². The van der Waals surface area contributed by atoms with Crippen LogP contribution in [0.4, 0.5) is 5.82 Å². The molecule has 2 rings (SSSR count). The van der Waals surface area contributed by atoms with Gasteiger partial charge in [0.2, 0.25) is 5.91 Å². The molecule has 1 fully saturated rings. The molecule has 1 aromatic rings. The summed E-state index contributed by atoms with van der Waals surface area (Å²) in [5, 5.41) is 3.38. The molecule has 0 saturated carbocycles. The molecule has 3 N–H and O–H groups in total. The second-order valence-electron chi connectivity index (χ2n) is 5.22. The van der Waals surface area contributed by atoms with Crippen LogP contribution in [0.5, 0.6) is 0 Å². The predicted octanol–water partition coefficient (Wildman–Crippen LogP) is 0.999. The number of nitrogens with two attached hydrogens (primary N) is 1. The molecule has 0 spiro atoms. The lowest BCUT2D eigenvalue weighted by Gasteiger charge is -2.15. The minimum Gasteiger partial charge on any atom is -0.370 e. The number of rotatable bonds is 6. The molecule has 19 heavy (non-hydrogen) atoms. The zero-order valence-corrected chi connectivity index (χ0v) is 11.4. The van der Waals surface area contributed by atoms with Gasteiger partial charge < -0.3 is 16.0 Å². The number of amides is 1. The van der Waals surface area contributed by atoms with Crippen molar-refractivity contribution in [3.8, 4) is 0 Å². The first kappa shape index (κ1) is 13.8. The van der Waals surface area contributed by atoms with Crippen molar-refractivity contribution in [1.29, 1.82) is 0 Å². The van der Waals surface area contributed by atoms with Gasteiger partial charge in [0.25, 0.3) is 0 Å². The van der Waals surface area contributed by atoms with Gasteiger partial charge in [-0.05, 0) is 37.9 Å². The van der Waals surface area contributed by atoms with Crippen LogP contribution in [0.2, 0.25) is 0 Å². The van der Waals surface area contributed by atoms with Gasteiger partial charge in [-0.15, -0.1) is 0 Å². The number of hydrogen-bond acceptors (Lipinski definition) is 4. The van der Waals surface area contributed by atoms with Crippen LogP contribution < -0.4 is 11.1 Å². The van der Waals surface area contributed by atoms with Crippen molar-refractivity contribution in [2.24, 2.45) is 11.7 Å². The minimum absolute atomic E-state index is 0.217. The van der Waals surface area contributed by atoms with Crippen molar-refractivity contribution in [2.75, 3.05) is 31.5 Å². The van der Waals surface area contributed by atoms with Gasteiger partial charge >= 0.3 is 0 Å². The van der Waals surface area contributed by atoms with E-state index in [-0.39, 0.29) is 5.91 Å². The molecule has 104 valence electrons. The average Bonchev–Trinajstić information content (AvgIpc) is 2.82. The fraction of sp³-hybridized carbons (Fsp3) is 0.571. The number of aryl methyl sites for hydroxylation is 1. The van der Waals surface area contributed by atoms with Crippen LogP contribution in [-0.4, -0.2) is 42.0 Å². The van der Waals surface area contributed by atoms with E-state index in [1.807, 2.05) is 25.1 Å². The molecule has 1 aromatic heterocycles. The van der Waals surface area contributed by atoms with Crippen LogP contribution in [-0.2, 0) is 4.79 Å². The molecule has 0 aromatic carbocycles. The van der Waals surface area contributed by atoms with Gasteiger partial charge in [-0.3, -0.25) is 4.79 Å². The van der Waals surface area contributed by atoms with E-state index >= 15 is 0 Å². The zero-order valence-electron chi connectivity index (χ0n) is 11.4. The van der Waals surface area contributed by atoms with E-state index in [2.05, 4.69) is 15.2 Å². The first-order chi connectivity index (χ1) is 9.13. The zero-order chi connectivity index (χ0) is 13.7. The standard InChI is InChI=1S/C14H22N4O/c1-11-3-2-4-14(17-11)16-9-12-5-7-18(10-12)8-6-13(15)19/h2-4,12H,5-10H2,1H3,(H2,15,19)(H,16,17)/t12-/m0/s1. The third-order valence-electron chi connectivity index (χ3n) is 3.50. The second-order valence-corrected chi connectivity index (χ2v) is 5.22. The fourth-order valence-corrected chi connectivity index (χ4v) is 2.44. The summed E-state index contributed by atoms with van der Waals surface area (Å²) >= 11 is 0. The first-order valence-electron chi connectivity index (χ1n) is 6.81. The lowest BCUT2D eigenvalue weighted by Crippen LogP contribution is -2.27. The molecule has 1 saturated heterocycles. The Bertz CT molecular complexity index is 435. The van der Waals surface area contributed by atoms with E-state index in [9.17, 15) is 4.79 Å². The summed E-state index contributed by atoms with van der Waals surface area (Å²) < 4.78 is 0. The normalized spacial score (nSPS) is 19.5. The number of primary amides is 1. The Balaban J connectivity index is 1.72. The average molecular weight is 262 g/mol. The Hall–Kier alpha value is -1.62. The number of aromatic nitrogens is 1. The fourth-order valence-electron chi connectivity index (χ4n) is 2.44. The van der Waals surface area contributed by atoms with Crippen molar-refractivity contribution in [1.82, 2.24) is 9.88 Å². The third-order valence-corrected chi connectivity index (χ3v) is 3.50. The summed E-state index contributed by atoms with van der Waals surface area (Å²) in [4.78, 5) is 17.5. The molecule has 5 heteroatoms. The number of carbonyl (C=O) groups excluding carboxylic acids is 1. The Labute approximate surface area is 114 Å². The third kappa shape index (κ3) is 4.52. The van der Waals surface area contributed by atoms with Gasteiger partial charge in [0.15, 0.2) is 0 Å². The maximum absolute atomic E-state index is 10.8. The number of nitrogens with one attached hydrogen (secondary N) is 1. The highest BCUT2D eigenvalue weighted by atomic mass is 16.1. The van der Waals surface area contributed by atoms with Crippen LogP contribution in [0.3, 0.4) is 0 Å². The number of anilines is 1. The Morgan fingerprint density at radius 3 is 3.16 bits per heavy atom. The maximum Gasteiger partial charge on any atom is 0.218 e. The van der Waals surface area contributed by atoms with Gasteiger partial charge in [-0.1, -0.05) is 6.07 Å². The lowest BCUT2D eigenvalue weighted by molar-refractivity contribution is -0.118. The molecule has 5 nitrogen and oxygen atoms in total. The largest absolute Gasteiger partial charge is 0.370 e. The van der Waals surface area contributed by atoms with Gasteiger partial charge in [0.1, 0.15) is 5.82 Å². The molecule has 1 atom stereocenters. The minimum atomic E-state index is -0.217. The molecular weight excluding hydrogens is 240 g/mol. The lowest BCUT2D eigenvalue weighted by atomic mass is 10.1. The number of hydrogen-bond donors (Lipinski definition) is 2. The summed E-state index contributed by atoms with van der Waals surface area (Å²) in [7, 11) is 0. The summed E-state index contributed by atoms with van der Waals surface area (Å²) in [6.45, 7) is 5.80. The molecule has 0 bridgehead atoms. The van der Waals surface area contributed by atoms with Gasteiger partial charge in [0.05, 0.1) is 0 Å². The van der Waals surface area contributed by atoms with Crippen molar-refractivity contribution in [2.45, 2.75) is 19.8 Å². The smallest absolute Gasteiger partial charge is 0.218 e. The monoisotopic (exact) mass is 262 g/mol. The van der Waals surface area contributed by atoms with E-state index in [1.54, 1.807) is 0 Å². The highest BCUT2D eigenvalue weighted by Crippen LogP contribution is 2.17. The Kier molecular flexibility index (Phi) is 4.74. The summed E-state index contributed by atoms with van der Waals surface area (Å²) in [5.74, 6) is 1.34. The van der Waals surface area contributed by atoms with Crippen LogP contribution >= 0.6 is 0 Å². The number of nitrogens with zero attached hydrogens (tertiary/aromatic N) is 2. The van der Waals surface area contributed by atoms with Crippen molar-refractivity contribution < 1.29 is 4.79 Å². The van der Waals surface area contributed by atoms with E-state index in [1.165, 1.54) is 0 Å². The van der Waals surface area contributed by atoms with Crippen LogP contribution in [0.25, 0.3) is 0 Å². The SMILES string of the molecule is Cc1cccc(NC[C@@H]2CCN(CCC(N)=O)C2)n1. The van der Waals surface area contributed by atoms with Gasteiger partial charge in [-0.25, -0.2) is 4.98 Å². The number of carbonyl (C=O) groups is 1. The quantitative estimate of drug-likeness (QED) is 0.802. The molecule has 1 aliphatic heterocycles. The highest BCUT2D eigenvalue weighted by molar-refractivity contribution is 5.73. The topological polar surface area (TPSA) is 71.2 Å². The van der Waals surface area contributed by atoms with E-state index in [0.29, 0.717) is 12.3 Å². The Morgan fingerprint density at radius 2 is 2.42 bits per heavy atom.